The van der Waals surface area contributed by atoms with E-state index in [2.05, 4.69) is 46.5 Å². The molecule has 200 valence electrons. The maximum Gasteiger partial charge on any atom is 0.247 e. The number of piperidine rings is 2. The number of hydrogen-bond donors (Lipinski definition) is 1. The first kappa shape index (κ1) is 26.1. The Morgan fingerprint density at radius 2 is 1.87 bits per heavy atom. The number of anilines is 2. The fraction of sp³-hybridized carbons (Fsp3) is 0.414. The smallest absolute Gasteiger partial charge is 0.247 e. The van der Waals surface area contributed by atoms with E-state index < -0.39 is 6.04 Å². The molecule has 9 heteroatoms. The number of nitrogens with zero attached hydrogens (tertiary/aromatic N) is 4. The second-order valence-electron chi connectivity index (χ2n) is 10.0. The van der Waals surface area contributed by atoms with E-state index >= 15 is 0 Å². The number of aromatic nitrogens is 2. The molecule has 0 spiro atoms. The molecule has 0 saturated carbocycles. The van der Waals surface area contributed by atoms with Crippen molar-refractivity contribution in [2.45, 2.75) is 57.7 Å². The van der Waals surface area contributed by atoms with Crippen LogP contribution >= 0.6 is 11.6 Å². The van der Waals surface area contributed by atoms with Crippen LogP contribution in [0.3, 0.4) is 0 Å². The normalized spacial score (nSPS) is 18.3. The van der Waals surface area contributed by atoms with Crippen LogP contribution in [0.2, 0.25) is 5.02 Å². The van der Waals surface area contributed by atoms with Crippen molar-refractivity contribution in [1.29, 1.82) is 0 Å². The van der Waals surface area contributed by atoms with Crippen LogP contribution < -0.4 is 15.0 Å². The van der Waals surface area contributed by atoms with Crippen molar-refractivity contribution in [3.8, 4) is 5.75 Å². The lowest BCUT2D eigenvalue weighted by Crippen LogP contribution is -2.51. The number of aryl methyl sites for hydroxylation is 1. The van der Waals surface area contributed by atoms with Gasteiger partial charge in [-0.1, -0.05) is 29.8 Å². The van der Waals surface area contributed by atoms with Crippen molar-refractivity contribution in [2.24, 2.45) is 0 Å². The summed E-state index contributed by atoms with van der Waals surface area (Å²) in [5, 5.41) is 7.52. The van der Waals surface area contributed by atoms with Crippen LogP contribution in [0.1, 0.15) is 37.7 Å². The van der Waals surface area contributed by atoms with Crippen LogP contribution in [-0.2, 0) is 16.1 Å². The number of carbonyl (C=O) groups is 2. The third-order valence-corrected chi connectivity index (χ3v) is 7.67. The molecule has 2 aromatic carbocycles. The molecule has 1 atom stereocenters. The summed E-state index contributed by atoms with van der Waals surface area (Å²) in [6.07, 6.45) is 7.71. The average molecular weight is 536 g/mol. The van der Waals surface area contributed by atoms with Gasteiger partial charge in [0.1, 0.15) is 24.4 Å². The van der Waals surface area contributed by atoms with Crippen molar-refractivity contribution < 1.29 is 14.3 Å². The van der Waals surface area contributed by atoms with E-state index in [0.29, 0.717) is 29.4 Å². The predicted molar refractivity (Wildman–Crippen MR) is 149 cm³/mol. The molecule has 3 heterocycles. The number of likely N-dealkylation sites (tertiary alicyclic amines) is 1. The lowest BCUT2D eigenvalue weighted by molar-refractivity contribution is -0.141. The van der Waals surface area contributed by atoms with Gasteiger partial charge in [0.15, 0.2) is 0 Å². The Bertz CT molecular complexity index is 1260. The van der Waals surface area contributed by atoms with Crippen LogP contribution in [0.5, 0.6) is 5.75 Å². The highest BCUT2D eigenvalue weighted by molar-refractivity contribution is 6.32. The zero-order valence-electron chi connectivity index (χ0n) is 21.7. The van der Waals surface area contributed by atoms with Gasteiger partial charge in [-0.2, -0.15) is 5.10 Å². The van der Waals surface area contributed by atoms with Gasteiger partial charge >= 0.3 is 0 Å². The standard InChI is InChI=1S/C29H34ClN5O3/c1-21-7-2-3-8-25(21)33-17-12-23(13-18-33)38-27-11-10-22(19-24(27)30)32-29(37)26-9-4-5-16-35(26)28(36)20-34-15-6-14-31-34/h2-3,6-8,10-11,14-15,19,23,26H,4-5,9,12-13,16-18,20H2,1H3,(H,32,37)/t26-/m1/s1. The Kier molecular flexibility index (Phi) is 8.17. The predicted octanol–water partition coefficient (Wildman–Crippen LogP) is 4.91. The van der Waals surface area contributed by atoms with Gasteiger partial charge in [-0.25, -0.2) is 0 Å². The zero-order chi connectivity index (χ0) is 26.5. The first-order chi connectivity index (χ1) is 18.5. The molecule has 0 radical (unpaired) electrons. The van der Waals surface area contributed by atoms with Crippen molar-refractivity contribution in [3.05, 3.63) is 71.5 Å². The van der Waals surface area contributed by atoms with E-state index in [-0.39, 0.29) is 24.5 Å². The molecule has 0 bridgehead atoms. The van der Waals surface area contributed by atoms with Gasteiger partial charge in [0.05, 0.1) is 5.02 Å². The molecule has 5 rings (SSSR count). The molecule has 3 aromatic rings. The fourth-order valence-electron chi connectivity index (χ4n) is 5.34. The Balaban J connectivity index is 1.16. The molecule has 2 fully saturated rings. The maximum absolute atomic E-state index is 13.2. The molecular formula is C29H34ClN5O3. The number of nitrogens with one attached hydrogen (secondary N) is 1. The third kappa shape index (κ3) is 6.13. The summed E-state index contributed by atoms with van der Waals surface area (Å²) in [4.78, 5) is 30.1. The molecule has 2 aliphatic heterocycles. The Morgan fingerprint density at radius 3 is 2.61 bits per heavy atom. The number of halogens is 1. The van der Waals surface area contributed by atoms with Crippen LogP contribution in [0.15, 0.2) is 60.9 Å². The Morgan fingerprint density at radius 1 is 1.05 bits per heavy atom. The van der Waals surface area contributed by atoms with Gasteiger partial charge in [0.2, 0.25) is 11.8 Å². The van der Waals surface area contributed by atoms with E-state index in [1.165, 1.54) is 11.3 Å². The molecule has 0 unspecified atom stereocenters. The van der Waals surface area contributed by atoms with E-state index in [1.54, 1.807) is 40.2 Å². The number of rotatable bonds is 7. The van der Waals surface area contributed by atoms with Gasteiger partial charge in [0, 0.05) is 56.2 Å². The highest BCUT2D eigenvalue weighted by atomic mass is 35.5. The SMILES string of the molecule is Cc1ccccc1N1CCC(Oc2ccc(NC(=O)[C@H]3CCCCN3C(=O)Cn3cccn3)cc2Cl)CC1. The van der Waals surface area contributed by atoms with Gasteiger partial charge in [-0.3, -0.25) is 14.3 Å². The second-order valence-corrected chi connectivity index (χ2v) is 10.4. The van der Waals surface area contributed by atoms with Crippen molar-refractivity contribution in [3.63, 3.8) is 0 Å². The monoisotopic (exact) mass is 535 g/mol. The summed E-state index contributed by atoms with van der Waals surface area (Å²) in [6, 6.07) is 15.1. The van der Waals surface area contributed by atoms with E-state index in [1.807, 2.05) is 6.07 Å². The number of benzene rings is 2. The molecule has 0 aliphatic carbocycles. The summed E-state index contributed by atoms with van der Waals surface area (Å²) < 4.78 is 7.82. The average Bonchev–Trinajstić information content (AvgIpc) is 3.44. The summed E-state index contributed by atoms with van der Waals surface area (Å²) in [6.45, 7) is 4.69. The van der Waals surface area contributed by atoms with E-state index in [0.717, 1.165) is 38.8 Å². The summed E-state index contributed by atoms with van der Waals surface area (Å²) in [5.74, 6) is 0.309. The van der Waals surface area contributed by atoms with Gasteiger partial charge in [-0.15, -0.1) is 0 Å². The first-order valence-electron chi connectivity index (χ1n) is 13.3. The quantitative estimate of drug-likeness (QED) is 0.465. The summed E-state index contributed by atoms with van der Waals surface area (Å²) >= 11 is 6.56. The first-order valence-corrected chi connectivity index (χ1v) is 13.7. The van der Waals surface area contributed by atoms with E-state index in [9.17, 15) is 9.59 Å². The lowest BCUT2D eigenvalue weighted by atomic mass is 10.0. The van der Waals surface area contributed by atoms with Gasteiger partial charge < -0.3 is 19.9 Å². The molecule has 2 aliphatic rings. The van der Waals surface area contributed by atoms with Crippen LogP contribution in [0, 0.1) is 6.92 Å². The van der Waals surface area contributed by atoms with Crippen molar-refractivity contribution >= 4 is 34.8 Å². The number of amides is 2. The fourth-order valence-corrected chi connectivity index (χ4v) is 5.56. The number of carbonyl (C=O) groups excluding carboxylic acids is 2. The molecule has 1 N–H and O–H groups in total. The lowest BCUT2D eigenvalue weighted by Gasteiger charge is -2.35. The minimum Gasteiger partial charge on any atom is -0.489 e. The van der Waals surface area contributed by atoms with Gasteiger partial charge in [-0.05, 0) is 62.1 Å². The molecule has 2 amide bonds. The Labute approximate surface area is 228 Å². The summed E-state index contributed by atoms with van der Waals surface area (Å²) in [7, 11) is 0. The zero-order valence-corrected chi connectivity index (χ0v) is 22.4. The van der Waals surface area contributed by atoms with Crippen LogP contribution in [-0.4, -0.2) is 58.3 Å². The van der Waals surface area contributed by atoms with Crippen molar-refractivity contribution in [1.82, 2.24) is 14.7 Å². The third-order valence-electron chi connectivity index (χ3n) is 7.37. The number of para-hydroxylation sites is 1. The minimum atomic E-state index is -0.514. The largest absolute Gasteiger partial charge is 0.489 e. The Hall–Kier alpha value is -3.52. The summed E-state index contributed by atoms with van der Waals surface area (Å²) in [5.41, 5.74) is 3.15. The topological polar surface area (TPSA) is 79.7 Å². The van der Waals surface area contributed by atoms with Crippen LogP contribution in [0.25, 0.3) is 0 Å². The molecule has 38 heavy (non-hydrogen) atoms. The minimum absolute atomic E-state index is 0.0878. The van der Waals surface area contributed by atoms with Crippen molar-refractivity contribution in [2.75, 3.05) is 29.9 Å². The number of hydrogen-bond acceptors (Lipinski definition) is 5. The van der Waals surface area contributed by atoms with E-state index in [4.69, 9.17) is 16.3 Å². The second kappa shape index (κ2) is 11.9. The highest BCUT2D eigenvalue weighted by Gasteiger charge is 2.32. The highest BCUT2D eigenvalue weighted by Crippen LogP contribution is 2.32. The number of ether oxygens (including phenoxy) is 1. The molecule has 8 nitrogen and oxygen atoms in total. The van der Waals surface area contributed by atoms with Gasteiger partial charge in [0.25, 0.3) is 0 Å². The van der Waals surface area contributed by atoms with Crippen LogP contribution in [0.4, 0.5) is 11.4 Å². The molecule has 2 saturated heterocycles. The molecule has 1 aromatic heterocycles. The maximum atomic E-state index is 13.2. The molecular weight excluding hydrogens is 502 g/mol.